The molecule has 220 valence electrons. The fourth-order valence-electron chi connectivity index (χ4n) is 7.00. The van der Waals surface area contributed by atoms with Gasteiger partial charge in [0.25, 0.3) is 5.91 Å². The number of hydrogen-bond acceptors (Lipinski definition) is 9. The molecule has 2 aromatic heterocycles. The molecular weight excluding hydrogens is 530 g/mol. The van der Waals surface area contributed by atoms with Crippen LogP contribution in [0.5, 0.6) is 5.75 Å². The summed E-state index contributed by atoms with van der Waals surface area (Å²) < 4.78 is 11.3. The maximum atomic E-state index is 13.2. The number of piperidine rings is 1. The first-order chi connectivity index (χ1) is 20.6. The minimum Gasteiger partial charge on any atom is -0.492 e. The van der Waals surface area contributed by atoms with Gasteiger partial charge in [0.2, 0.25) is 5.95 Å². The lowest BCUT2D eigenvalue weighted by atomic mass is 9.66. The van der Waals surface area contributed by atoms with Crippen LogP contribution < -0.4 is 21.1 Å². The molecule has 10 nitrogen and oxygen atoms in total. The van der Waals surface area contributed by atoms with Gasteiger partial charge in [-0.2, -0.15) is 0 Å². The van der Waals surface area contributed by atoms with Crippen molar-refractivity contribution in [2.45, 2.75) is 63.6 Å². The van der Waals surface area contributed by atoms with E-state index in [1.165, 1.54) is 38.8 Å². The van der Waals surface area contributed by atoms with Crippen LogP contribution >= 0.6 is 0 Å². The average Bonchev–Trinajstić information content (AvgIpc) is 3.48. The highest BCUT2D eigenvalue weighted by molar-refractivity contribution is 5.94. The lowest BCUT2D eigenvalue weighted by Gasteiger charge is -2.49. The SMILES string of the molecule is Nc1nccc(-c2cnc(NCc3cccc(C(=O)NC4CCC5(CC4)CCN(C4COC4)CC5)c3)c3c2OCC3)n1. The molecule has 0 radical (unpaired) electrons. The number of nitrogens with one attached hydrogen (secondary N) is 2. The van der Waals surface area contributed by atoms with Gasteiger partial charge in [-0.15, -0.1) is 0 Å². The van der Waals surface area contributed by atoms with E-state index >= 15 is 0 Å². The van der Waals surface area contributed by atoms with Crippen LogP contribution in [0, 0.1) is 5.41 Å². The number of ether oxygens (including phenoxy) is 2. The Balaban J connectivity index is 0.941. The van der Waals surface area contributed by atoms with Gasteiger partial charge in [0.1, 0.15) is 11.6 Å². The van der Waals surface area contributed by atoms with Gasteiger partial charge < -0.3 is 25.8 Å². The molecule has 1 saturated carbocycles. The summed E-state index contributed by atoms with van der Waals surface area (Å²) in [6, 6.07) is 10.6. The first-order valence-electron chi connectivity index (χ1n) is 15.2. The average molecular weight is 570 g/mol. The molecule has 5 heterocycles. The van der Waals surface area contributed by atoms with E-state index in [4.69, 9.17) is 15.2 Å². The van der Waals surface area contributed by atoms with Gasteiger partial charge in [-0.05, 0) is 80.8 Å². The minimum atomic E-state index is 0.0125. The standard InChI is InChI=1S/C32H39N7O3/c33-31-34-12-6-27(38-31)26-18-36-29(25-7-15-42-28(25)26)35-17-21-2-1-3-22(16-21)30(40)37-23-4-8-32(9-5-23)10-13-39(14-11-32)24-19-41-20-24/h1-3,6,12,16,18,23-24H,4-5,7-11,13-15,17,19-20H2,(H,35,36)(H,37,40)(H2,33,34,38). The Labute approximate surface area is 246 Å². The molecule has 3 aromatic rings. The molecular formula is C32H39N7O3. The summed E-state index contributed by atoms with van der Waals surface area (Å²) in [5.74, 6) is 1.80. The highest BCUT2D eigenvalue weighted by Crippen LogP contribution is 2.45. The van der Waals surface area contributed by atoms with E-state index in [1.807, 2.05) is 24.3 Å². The molecule has 0 bridgehead atoms. The lowest BCUT2D eigenvalue weighted by Crippen LogP contribution is -2.54. The highest BCUT2D eigenvalue weighted by Gasteiger charge is 2.40. The second kappa shape index (κ2) is 11.5. The van der Waals surface area contributed by atoms with Crippen molar-refractivity contribution in [3.05, 3.63) is 59.4 Å². The summed E-state index contributed by atoms with van der Waals surface area (Å²) >= 11 is 0. The van der Waals surface area contributed by atoms with Crippen LogP contribution in [-0.2, 0) is 17.7 Å². The van der Waals surface area contributed by atoms with E-state index in [9.17, 15) is 4.79 Å². The normalized spacial score (nSPS) is 20.5. The largest absolute Gasteiger partial charge is 0.492 e. The van der Waals surface area contributed by atoms with Gasteiger partial charge in [-0.25, -0.2) is 15.0 Å². The van der Waals surface area contributed by atoms with Crippen LogP contribution in [-0.4, -0.2) is 70.8 Å². The molecule has 7 rings (SSSR count). The van der Waals surface area contributed by atoms with Gasteiger partial charge in [0.15, 0.2) is 0 Å². The molecule has 0 atom stereocenters. The van der Waals surface area contributed by atoms with Crippen molar-refractivity contribution in [2.75, 3.05) is 44.0 Å². The van der Waals surface area contributed by atoms with E-state index in [1.54, 1.807) is 18.5 Å². The fraction of sp³-hybridized carbons (Fsp3) is 0.500. The van der Waals surface area contributed by atoms with Crippen molar-refractivity contribution >= 4 is 17.7 Å². The van der Waals surface area contributed by atoms with Crippen molar-refractivity contribution in [3.8, 4) is 17.0 Å². The Morgan fingerprint density at radius 1 is 1.10 bits per heavy atom. The maximum absolute atomic E-state index is 13.2. The number of carbonyl (C=O) groups excluding carboxylic acids is 1. The molecule has 2 saturated heterocycles. The minimum absolute atomic E-state index is 0.0125. The number of anilines is 2. The quantitative estimate of drug-likeness (QED) is 0.389. The van der Waals surface area contributed by atoms with Gasteiger partial charge in [-0.3, -0.25) is 9.69 Å². The Morgan fingerprint density at radius 3 is 2.69 bits per heavy atom. The number of likely N-dealkylation sites (tertiary alicyclic amines) is 1. The molecule has 1 spiro atoms. The molecule has 1 aliphatic carbocycles. The van der Waals surface area contributed by atoms with Crippen LogP contribution in [0.3, 0.4) is 0 Å². The third kappa shape index (κ3) is 5.53. The van der Waals surface area contributed by atoms with E-state index in [-0.39, 0.29) is 17.9 Å². The topological polar surface area (TPSA) is 128 Å². The first kappa shape index (κ1) is 27.1. The highest BCUT2D eigenvalue weighted by atomic mass is 16.5. The number of pyridine rings is 1. The van der Waals surface area contributed by atoms with E-state index < -0.39 is 0 Å². The summed E-state index contributed by atoms with van der Waals surface area (Å²) in [4.78, 5) is 28.8. The number of nitrogens with two attached hydrogens (primary N) is 1. The molecule has 4 aliphatic rings. The van der Waals surface area contributed by atoms with Crippen molar-refractivity contribution in [1.29, 1.82) is 0 Å². The number of nitrogens with zero attached hydrogens (tertiary/aromatic N) is 4. The van der Waals surface area contributed by atoms with Gasteiger partial charge in [-0.1, -0.05) is 12.1 Å². The second-order valence-electron chi connectivity index (χ2n) is 12.3. The number of aromatic nitrogens is 3. The third-order valence-electron chi connectivity index (χ3n) is 9.70. The van der Waals surface area contributed by atoms with E-state index in [0.717, 1.165) is 60.7 Å². The zero-order valence-corrected chi connectivity index (χ0v) is 24.0. The van der Waals surface area contributed by atoms with Crippen molar-refractivity contribution in [1.82, 2.24) is 25.2 Å². The first-order valence-corrected chi connectivity index (χ1v) is 15.2. The smallest absolute Gasteiger partial charge is 0.251 e. The van der Waals surface area contributed by atoms with Crippen molar-refractivity contribution < 1.29 is 14.3 Å². The van der Waals surface area contributed by atoms with Gasteiger partial charge in [0, 0.05) is 42.5 Å². The summed E-state index contributed by atoms with van der Waals surface area (Å²) in [7, 11) is 0. The Bertz CT molecular complexity index is 1440. The summed E-state index contributed by atoms with van der Waals surface area (Å²) in [5, 5.41) is 6.79. The van der Waals surface area contributed by atoms with Gasteiger partial charge >= 0.3 is 0 Å². The fourth-order valence-corrected chi connectivity index (χ4v) is 7.00. The zero-order valence-electron chi connectivity index (χ0n) is 24.0. The number of nitrogen functional groups attached to an aromatic ring is 1. The molecule has 1 aromatic carbocycles. The van der Waals surface area contributed by atoms with E-state index in [0.29, 0.717) is 35.9 Å². The number of fused-ring (bicyclic) bond motifs is 1. The number of hydrogen-bond donors (Lipinski definition) is 3. The molecule has 10 heteroatoms. The van der Waals surface area contributed by atoms with Gasteiger partial charge in [0.05, 0.1) is 37.1 Å². The summed E-state index contributed by atoms with van der Waals surface area (Å²) in [6.45, 7) is 5.34. The predicted octanol–water partition coefficient (Wildman–Crippen LogP) is 3.82. The summed E-state index contributed by atoms with van der Waals surface area (Å²) in [6.07, 6.45) is 11.3. The van der Waals surface area contributed by atoms with Crippen LogP contribution in [0.25, 0.3) is 11.3 Å². The molecule has 3 fully saturated rings. The molecule has 4 N–H and O–H groups in total. The van der Waals surface area contributed by atoms with Crippen molar-refractivity contribution in [3.63, 3.8) is 0 Å². The molecule has 1 amide bonds. The van der Waals surface area contributed by atoms with Crippen LogP contribution in [0.15, 0.2) is 42.7 Å². The maximum Gasteiger partial charge on any atom is 0.251 e. The summed E-state index contributed by atoms with van der Waals surface area (Å²) in [5.41, 5.74) is 10.5. The van der Waals surface area contributed by atoms with E-state index in [2.05, 4.69) is 30.5 Å². The lowest BCUT2D eigenvalue weighted by molar-refractivity contribution is -0.0851. The number of rotatable bonds is 7. The Hall–Kier alpha value is -3.76. The monoisotopic (exact) mass is 569 g/mol. The van der Waals surface area contributed by atoms with Crippen LogP contribution in [0.4, 0.5) is 11.8 Å². The second-order valence-corrected chi connectivity index (χ2v) is 12.3. The number of benzene rings is 1. The molecule has 42 heavy (non-hydrogen) atoms. The molecule has 0 unspecified atom stereocenters. The number of carbonyl (C=O) groups is 1. The van der Waals surface area contributed by atoms with Crippen LogP contribution in [0.1, 0.15) is 60.0 Å². The van der Waals surface area contributed by atoms with Crippen LogP contribution in [0.2, 0.25) is 0 Å². The third-order valence-corrected chi connectivity index (χ3v) is 9.70. The van der Waals surface area contributed by atoms with Crippen molar-refractivity contribution in [2.24, 2.45) is 5.41 Å². The Morgan fingerprint density at radius 2 is 1.93 bits per heavy atom. The Kier molecular flexibility index (Phi) is 7.41. The predicted molar refractivity (Wildman–Crippen MR) is 160 cm³/mol. The number of amides is 1. The zero-order chi connectivity index (χ0) is 28.5. The molecule has 3 aliphatic heterocycles.